The predicted molar refractivity (Wildman–Crippen MR) is 62.8 cm³/mol. The molecule has 1 atom stereocenters. The number of hydrogen-bond acceptors (Lipinski definition) is 2. The van der Waals surface area contributed by atoms with Gasteiger partial charge >= 0.3 is 0 Å². The molecule has 88 valence electrons. The van der Waals surface area contributed by atoms with E-state index in [0.717, 1.165) is 26.1 Å². The molecule has 1 unspecified atom stereocenters. The highest BCUT2D eigenvalue weighted by atomic mass is 16.2. The number of piperidine rings is 1. The van der Waals surface area contributed by atoms with Gasteiger partial charge in [0.05, 0.1) is 6.04 Å². The van der Waals surface area contributed by atoms with Crippen LogP contribution in [0.4, 0.5) is 0 Å². The Morgan fingerprint density at radius 3 is 2.60 bits per heavy atom. The third-order valence-corrected chi connectivity index (χ3v) is 3.02. The molecule has 1 N–H and O–H groups in total. The minimum atomic E-state index is -0.00495. The Bertz CT molecular complexity index is 188. The van der Waals surface area contributed by atoms with Gasteiger partial charge in [0.25, 0.3) is 0 Å². The maximum atomic E-state index is 12.0. The minimum absolute atomic E-state index is 0.00495. The van der Waals surface area contributed by atoms with Crippen molar-refractivity contribution in [3.05, 3.63) is 0 Å². The van der Waals surface area contributed by atoms with Crippen molar-refractivity contribution in [3.63, 3.8) is 0 Å². The second-order valence-electron chi connectivity index (χ2n) is 4.42. The minimum Gasteiger partial charge on any atom is -0.341 e. The Balaban J connectivity index is 2.24. The molecule has 1 rings (SSSR count). The van der Waals surface area contributed by atoms with Crippen LogP contribution in [0.3, 0.4) is 0 Å². The monoisotopic (exact) mass is 212 g/mol. The van der Waals surface area contributed by atoms with E-state index >= 15 is 0 Å². The summed E-state index contributed by atoms with van der Waals surface area (Å²) in [5.41, 5.74) is 0. The van der Waals surface area contributed by atoms with E-state index in [1.165, 1.54) is 25.7 Å². The number of likely N-dealkylation sites (tertiary alicyclic amines) is 1. The molecule has 0 aromatic heterocycles. The van der Waals surface area contributed by atoms with Crippen LogP contribution < -0.4 is 5.32 Å². The number of amides is 1. The number of carbonyl (C=O) groups is 1. The van der Waals surface area contributed by atoms with Crippen molar-refractivity contribution in [2.45, 2.75) is 52.0 Å². The highest BCUT2D eigenvalue weighted by molar-refractivity contribution is 5.81. The van der Waals surface area contributed by atoms with Crippen molar-refractivity contribution in [2.24, 2.45) is 0 Å². The van der Waals surface area contributed by atoms with Gasteiger partial charge in [0, 0.05) is 13.1 Å². The van der Waals surface area contributed by atoms with Crippen LogP contribution in [0, 0.1) is 0 Å². The first-order valence-corrected chi connectivity index (χ1v) is 6.28. The molecule has 3 heteroatoms. The molecule has 0 aromatic carbocycles. The third kappa shape index (κ3) is 4.20. The van der Waals surface area contributed by atoms with Crippen molar-refractivity contribution >= 4 is 5.91 Å². The van der Waals surface area contributed by atoms with E-state index < -0.39 is 0 Å². The first kappa shape index (κ1) is 12.5. The SMILES string of the molecule is CCCCNC(C)C(=O)N1CCCCC1. The van der Waals surface area contributed by atoms with Gasteiger partial charge in [-0.15, -0.1) is 0 Å². The molecule has 0 bridgehead atoms. The van der Waals surface area contributed by atoms with Crippen LogP contribution in [-0.2, 0) is 4.79 Å². The summed E-state index contributed by atoms with van der Waals surface area (Å²) < 4.78 is 0. The predicted octanol–water partition coefficient (Wildman–Crippen LogP) is 1.78. The summed E-state index contributed by atoms with van der Waals surface area (Å²) in [4.78, 5) is 14.0. The number of rotatable bonds is 5. The summed E-state index contributed by atoms with van der Waals surface area (Å²) in [6, 6.07) is -0.00495. The largest absolute Gasteiger partial charge is 0.341 e. The first-order chi connectivity index (χ1) is 7.25. The van der Waals surface area contributed by atoms with Gasteiger partial charge in [-0.1, -0.05) is 13.3 Å². The molecule has 0 saturated carbocycles. The lowest BCUT2D eigenvalue weighted by Gasteiger charge is -2.29. The van der Waals surface area contributed by atoms with E-state index in [9.17, 15) is 4.79 Å². The molecule has 15 heavy (non-hydrogen) atoms. The number of unbranched alkanes of at least 4 members (excludes halogenated alkanes) is 1. The van der Waals surface area contributed by atoms with E-state index in [1.807, 2.05) is 11.8 Å². The highest BCUT2D eigenvalue weighted by Crippen LogP contribution is 2.09. The zero-order valence-corrected chi connectivity index (χ0v) is 10.1. The molecule has 0 aromatic rings. The van der Waals surface area contributed by atoms with Gasteiger partial charge in [0.1, 0.15) is 0 Å². The van der Waals surface area contributed by atoms with Crippen LogP contribution in [-0.4, -0.2) is 36.5 Å². The van der Waals surface area contributed by atoms with Crippen molar-refractivity contribution < 1.29 is 4.79 Å². The van der Waals surface area contributed by atoms with Crippen LogP contribution in [0.25, 0.3) is 0 Å². The summed E-state index contributed by atoms with van der Waals surface area (Å²) in [5.74, 6) is 0.283. The fourth-order valence-corrected chi connectivity index (χ4v) is 1.97. The van der Waals surface area contributed by atoms with Crippen LogP contribution in [0.1, 0.15) is 46.0 Å². The number of nitrogens with zero attached hydrogens (tertiary/aromatic N) is 1. The van der Waals surface area contributed by atoms with Gasteiger partial charge in [-0.25, -0.2) is 0 Å². The maximum Gasteiger partial charge on any atom is 0.239 e. The zero-order valence-electron chi connectivity index (χ0n) is 10.1. The van der Waals surface area contributed by atoms with Crippen molar-refractivity contribution in [3.8, 4) is 0 Å². The van der Waals surface area contributed by atoms with E-state index in [2.05, 4.69) is 12.2 Å². The molecule has 1 aliphatic heterocycles. The fourth-order valence-electron chi connectivity index (χ4n) is 1.97. The second kappa shape index (κ2) is 6.83. The van der Waals surface area contributed by atoms with Crippen molar-refractivity contribution in [2.75, 3.05) is 19.6 Å². The molecule has 0 spiro atoms. The summed E-state index contributed by atoms with van der Waals surface area (Å²) in [5, 5.41) is 3.29. The number of hydrogen-bond donors (Lipinski definition) is 1. The lowest BCUT2D eigenvalue weighted by Crippen LogP contribution is -2.46. The summed E-state index contributed by atoms with van der Waals surface area (Å²) in [6.45, 7) is 7.01. The average Bonchev–Trinajstić information content (AvgIpc) is 2.29. The number of nitrogens with one attached hydrogen (secondary N) is 1. The van der Waals surface area contributed by atoms with Gasteiger partial charge in [0.2, 0.25) is 5.91 Å². The molecule has 0 aliphatic carbocycles. The Morgan fingerprint density at radius 1 is 1.33 bits per heavy atom. The average molecular weight is 212 g/mol. The summed E-state index contributed by atoms with van der Waals surface area (Å²) in [6.07, 6.45) is 5.96. The smallest absolute Gasteiger partial charge is 0.239 e. The molecule has 1 amide bonds. The third-order valence-electron chi connectivity index (χ3n) is 3.02. The van der Waals surface area contributed by atoms with E-state index in [-0.39, 0.29) is 11.9 Å². The Morgan fingerprint density at radius 2 is 2.00 bits per heavy atom. The topological polar surface area (TPSA) is 32.3 Å². The molecule has 3 nitrogen and oxygen atoms in total. The Hall–Kier alpha value is -0.570. The maximum absolute atomic E-state index is 12.0. The van der Waals surface area contributed by atoms with Gasteiger partial charge in [0.15, 0.2) is 0 Å². The van der Waals surface area contributed by atoms with E-state index in [0.29, 0.717) is 0 Å². The lowest BCUT2D eigenvalue weighted by atomic mass is 10.1. The van der Waals surface area contributed by atoms with Crippen LogP contribution in [0.15, 0.2) is 0 Å². The molecule has 1 heterocycles. The first-order valence-electron chi connectivity index (χ1n) is 6.28. The number of carbonyl (C=O) groups excluding carboxylic acids is 1. The summed E-state index contributed by atoms with van der Waals surface area (Å²) in [7, 11) is 0. The van der Waals surface area contributed by atoms with Crippen LogP contribution >= 0.6 is 0 Å². The highest BCUT2D eigenvalue weighted by Gasteiger charge is 2.21. The van der Waals surface area contributed by atoms with Crippen LogP contribution in [0.5, 0.6) is 0 Å². The molecule has 0 radical (unpaired) electrons. The summed E-state index contributed by atoms with van der Waals surface area (Å²) >= 11 is 0. The molecular weight excluding hydrogens is 188 g/mol. The van der Waals surface area contributed by atoms with Gasteiger partial charge < -0.3 is 10.2 Å². The molecule has 1 aliphatic rings. The second-order valence-corrected chi connectivity index (χ2v) is 4.42. The van der Waals surface area contributed by atoms with Gasteiger partial charge in [-0.05, 0) is 39.2 Å². The Kier molecular flexibility index (Phi) is 5.69. The van der Waals surface area contributed by atoms with Crippen molar-refractivity contribution in [1.82, 2.24) is 10.2 Å². The molecular formula is C12H24N2O. The lowest BCUT2D eigenvalue weighted by molar-refractivity contribution is -0.133. The fraction of sp³-hybridized carbons (Fsp3) is 0.917. The van der Waals surface area contributed by atoms with E-state index in [4.69, 9.17) is 0 Å². The van der Waals surface area contributed by atoms with Crippen LogP contribution in [0.2, 0.25) is 0 Å². The zero-order chi connectivity index (χ0) is 11.1. The van der Waals surface area contributed by atoms with E-state index in [1.54, 1.807) is 0 Å². The quantitative estimate of drug-likeness (QED) is 0.705. The molecule has 1 fully saturated rings. The normalized spacial score (nSPS) is 18.9. The van der Waals surface area contributed by atoms with Gasteiger partial charge in [-0.2, -0.15) is 0 Å². The van der Waals surface area contributed by atoms with Gasteiger partial charge in [-0.3, -0.25) is 4.79 Å². The standard InChI is InChI=1S/C12H24N2O/c1-3-4-8-13-11(2)12(15)14-9-6-5-7-10-14/h11,13H,3-10H2,1-2H3. The molecule has 1 saturated heterocycles. The van der Waals surface area contributed by atoms with Crippen molar-refractivity contribution in [1.29, 1.82) is 0 Å². The Labute approximate surface area is 93.2 Å².